The van der Waals surface area contributed by atoms with Crippen molar-refractivity contribution < 1.29 is 14.6 Å². The number of carbonyl (C=O) groups excluding carboxylic acids is 1. The Balaban J connectivity index is 1.91. The SMILES string of the molecule is CCO[C@H]1CN(C(=O)Cc2ccncc2)C[C@@H]1O. The standard InChI is InChI=1S/C13H18N2O3/c1-2-18-12-9-15(8-11(12)16)13(17)7-10-3-5-14-6-4-10/h3-6,11-12,16H,2,7-9H2,1H3/t11-,12-/m0/s1. The number of aliphatic hydroxyl groups is 1. The first-order valence-corrected chi connectivity index (χ1v) is 6.17. The fraction of sp³-hybridized carbons (Fsp3) is 0.538. The highest BCUT2D eigenvalue weighted by Gasteiger charge is 2.34. The Morgan fingerprint density at radius 2 is 2.22 bits per heavy atom. The highest BCUT2D eigenvalue weighted by Crippen LogP contribution is 2.15. The predicted molar refractivity (Wildman–Crippen MR) is 65.9 cm³/mol. The van der Waals surface area contributed by atoms with Gasteiger partial charge >= 0.3 is 0 Å². The third-order valence-electron chi connectivity index (χ3n) is 3.08. The number of pyridine rings is 1. The molecular formula is C13H18N2O3. The van der Waals surface area contributed by atoms with E-state index in [1.807, 2.05) is 19.1 Å². The van der Waals surface area contributed by atoms with Crippen molar-refractivity contribution in [2.24, 2.45) is 0 Å². The van der Waals surface area contributed by atoms with Crippen LogP contribution in [0.5, 0.6) is 0 Å². The minimum atomic E-state index is -0.577. The molecule has 1 aromatic rings. The smallest absolute Gasteiger partial charge is 0.227 e. The van der Waals surface area contributed by atoms with E-state index in [2.05, 4.69) is 4.98 Å². The van der Waals surface area contributed by atoms with E-state index >= 15 is 0 Å². The van der Waals surface area contributed by atoms with Crippen LogP contribution in [0, 0.1) is 0 Å². The number of nitrogens with zero attached hydrogens (tertiary/aromatic N) is 2. The third-order valence-corrected chi connectivity index (χ3v) is 3.08. The number of hydrogen-bond acceptors (Lipinski definition) is 4. The maximum absolute atomic E-state index is 12.0. The zero-order valence-electron chi connectivity index (χ0n) is 10.5. The largest absolute Gasteiger partial charge is 0.388 e. The van der Waals surface area contributed by atoms with Gasteiger partial charge in [-0.2, -0.15) is 0 Å². The number of likely N-dealkylation sites (tertiary alicyclic amines) is 1. The average Bonchev–Trinajstić information content (AvgIpc) is 2.73. The first kappa shape index (κ1) is 13.0. The van der Waals surface area contributed by atoms with Crippen molar-refractivity contribution in [1.29, 1.82) is 0 Å². The fourth-order valence-electron chi connectivity index (χ4n) is 2.13. The quantitative estimate of drug-likeness (QED) is 0.831. The number of β-amino-alcohol motifs (C(OH)–C–C–N with tert-alkyl or cyclic N) is 1. The second-order valence-electron chi connectivity index (χ2n) is 4.39. The molecule has 1 aliphatic heterocycles. The van der Waals surface area contributed by atoms with E-state index in [-0.39, 0.29) is 12.0 Å². The molecule has 0 radical (unpaired) electrons. The molecule has 18 heavy (non-hydrogen) atoms. The molecule has 1 N–H and O–H groups in total. The summed E-state index contributed by atoms with van der Waals surface area (Å²) in [6.07, 6.45) is 2.85. The van der Waals surface area contributed by atoms with E-state index in [9.17, 15) is 9.90 Å². The lowest BCUT2D eigenvalue weighted by Crippen LogP contribution is -2.31. The summed E-state index contributed by atoms with van der Waals surface area (Å²) in [6, 6.07) is 3.65. The van der Waals surface area contributed by atoms with Crippen LogP contribution < -0.4 is 0 Å². The minimum Gasteiger partial charge on any atom is -0.388 e. The van der Waals surface area contributed by atoms with Gasteiger partial charge in [-0.15, -0.1) is 0 Å². The summed E-state index contributed by atoms with van der Waals surface area (Å²) in [7, 11) is 0. The highest BCUT2D eigenvalue weighted by atomic mass is 16.5. The van der Waals surface area contributed by atoms with E-state index < -0.39 is 6.10 Å². The molecule has 0 aromatic carbocycles. The zero-order valence-corrected chi connectivity index (χ0v) is 10.5. The summed E-state index contributed by atoms with van der Waals surface area (Å²) in [4.78, 5) is 17.6. The van der Waals surface area contributed by atoms with Gasteiger partial charge in [-0.1, -0.05) is 0 Å². The summed E-state index contributed by atoms with van der Waals surface area (Å²) < 4.78 is 5.39. The van der Waals surface area contributed by atoms with Gasteiger partial charge in [-0.25, -0.2) is 0 Å². The van der Waals surface area contributed by atoms with E-state index in [0.717, 1.165) is 5.56 Å². The van der Waals surface area contributed by atoms with Crippen LogP contribution in [-0.4, -0.2) is 52.8 Å². The number of hydrogen-bond donors (Lipinski definition) is 1. The molecule has 2 rings (SSSR count). The van der Waals surface area contributed by atoms with Gasteiger partial charge in [0.15, 0.2) is 0 Å². The Labute approximate surface area is 106 Å². The summed E-state index contributed by atoms with van der Waals surface area (Å²) >= 11 is 0. The molecule has 0 spiro atoms. The van der Waals surface area contributed by atoms with Crippen molar-refractivity contribution in [2.75, 3.05) is 19.7 Å². The number of aliphatic hydroxyl groups excluding tert-OH is 1. The van der Waals surface area contributed by atoms with Crippen LogP contribution in [0.1, 0.15) is 12.5 Å². The number of rotatable bonds is 4. The molecule has 2 heterocycles. The molecule has 0 bridgehead atoms. The van der Waals surface area contributed by atoms with Crippen molar-refractivity contribution >= 4 is 5.91 Å². The second-order valence-corrected chi connectivity index (χ2v) is 4.39. The van der Waals surface area contributed by atoms with Crippen molar-refractivity contribution in [2.45, 2.75) is 25.6 Å². The van der Waals surface area contributed by atoms with Gasteiger partial charge in [0, 0.05) is 32.1 Å². The molecule has 1 fully saturated rings. The summed E-state index contributed by atoms with van der Waals surface area (Å²) in [5, 5.41) is 9.78. The second kappa shape index (κ2) is 5.93. The molecule has 1 aromatic heterocycles. The predicted octanol–water partition coefficient (Wildman–Crippen LogP) is 0.232. The van der Waals surface area contributed by atoms with E-state index in [4.69, 9.17) is 4.74 Å². The normalized spacial score (nSPS) is 23.3. The molecule has 0 saturated carbocycles. The summed E-state index contributed by atoms with van der Waals surface area (Å²) in [5.41, 5.74) is 0.935. The Kier molecular flexibility index (Phi) is 4.28. The molecule has 98 valence electrons. The van der Waals surface area contributed by atoms with Gasteiger partial charge in [0.05, 0.1) is 12.5 Å². The van der Waals surface area contributed by atoms with Gasteiger partial charge in [-0.05, 0) is 24.6 Å². The van der Waals surface area contributed by atoms with E-state index in [1.54, 1.807) is 17.3 Å². The van der Waals surface area contributed by atoms with Gasteiger partial charge in [-0.3, -0.25) is 9.78 Å². The zero-order chi connectivity index (χ0) is 13.0. The van der Waals surface area contributed by atoms with Crippen molar-refractivity contribution in [3.63, 3.8) is 0 Å². The monoisotopic (exact) mass is 250 g/mol. The molecule has 2 atom stereocenters. The van der Waals surface area contributed by atoms with Gasteiger partial charge < -0.3 is 14.7 Å². The maximum atomic E-state index is 12.0. The van der Waals surface area contributed by atoms with Crippen molar-refractivity contribution in [3.05, 3.63) is 30.1 Å². The van der Waals surface area contributed by atoms with Crippen molar-refractivity contribution in [1.82, 2.24) is 9.88 Å². The van der Waals surface area contributed by atoms with Crippen LogP contribution in [0.25, 0.3) is 0 Å². The number of amides is 1. The van der Waals surface area contributed by atoms with E-state index in [0.29, 0.717) is 26.1 Å². The number of ether oxygens (including phenoxy) is 1. The lowest BCUT2D eigenvalue weighted by molar-refractivity contribution is -0.130. The van der Waals surface area contributed by atoms with Crippen LogP contribution in [0.3, 0.4) is 0 Å². The van der Waals surface area contributed by atoms with Crippen LogP contribution in [0.4, 0.5) is 0 Å². The Morgan fingerprint density at radius 3 is 2.89 bits per heavy atom. The summed E-state index contributed by atoms with van der Waals surface area (Å²) in [5.74, 6) is 0.0162. The van der Waals surface area contributed by atoms with Crippen molar-refractivity contribution in [3.8, 4) is 0 Å². The fourth-order valence-corrected chi connectivity index (χ4v) is 2.13. The van der Waals surface area contributed by atoms with Crippen LogP contribution in [0.2, 0.25) is 0 Å². The van der Waals surface area contributed by atoms with Gasteiger partial charge in [0.1, 0.15) is 6.10 Å². The van der Waals surface area contributed by atoms with Crippen LogP contribution in [0.15, 0.2) is 24.5 Å². The van der Waals surface area contributed by atoms with E-state index in [1.165, 1.54) is 0 Å². The number of aromatic nitrogens is 1. The topological polar surface area (TPSA) is 62.7 Å². The molecule has 5 nitrogen and oxygen atoms in total. The molecule has 5 heteroatoms. The van der Waals surface area contributed by atoms with Gasteiger partial charge in [0.2, 0.25) is 5.91 Å². The Morgan fingerprint density at radius 1 is 1.50 bits per heavy atom. The lowest BCUT2D eigenvalue weighted by atomic mass is 10.2. The summed E-state index contributed by atoms with van der Waals surface area (Å²) in [6.45, 7) is 3.26. The average molecular weight is 250 g/mol. The first-order valence-electron chi connectivity index (χ1n) is 6.17. The van der Waals surface area contributed by atoms with Crippen LogP contribution >= 0.6 is 0 Å². The van der Waals surface area contributed by atoms with Gasteiger partial charge in [0.25, 0.3) is 0 Å². The number of carbonyl (C=O) groups is 1. The van der Waals surface area contributed by atoms with Crippen LogP contribution in [-0.2, 0) is 16.0 Å². The maximum Gasteiger partial charge on any atom is 0.227 e. The first-order chi connectivity index (χ1) is 8.70. The molecule has 1 saturated heterocycles. The molecule has 0 unspecified atom stereocenters. The molecule has 0 aliphatic carbocycles. The highest BCUT2D eigenvalue weighted by molar-refractivity contribution is 5.79. The Hall–Kier alpha value is -1.46. The third kappa shape index (κ3) is 3.05. The lowest BCUT2D eigenvalue weighted by Gasteiger charge is -2.15. The minimum absolute atomic E-state index is 0.0162. The molecular weight excluding hydrogens is 232 g/mol. The Bertz CT molecular complexity index is 396. The molecule has 1 amide bonds. The molecule has 1 aliphatic rings.